The second kappa shape index (κ2) is 2.05. The molecule has 2 aromatic rings. The molecule has 0 aromatic carbocycles. The lowest BCUT2D eigenvalue weighted by atomic mass is 10.4. The van der Waals surface area contributed by atoms with E-state index in [0.717, 1.165) is 0 Å². The molecule has 0 aliphatic rings. The molecule has 0 radical (unpaired) electrons. The number of pyridine rings is 1. The highest BCUT2D eigenvalue weighted by molar-refractivity contribution is 9.10. The number of aromatic nitrogens is 3. The molecule has 0 fully saturated rings. The predicted octanol–water partition coefficient (Wildman–Crippen LogP) is 1.72. The highest BCUT2D eigenvalue weighted by Crippen LogP contribution is 2.16. The van der Waals surface area contributed by atoms with Crippen LogP contribution in [0.1, 0.15) is 4.11 Å². The molecule has 50 valence electrons. The topological polar surface area (TPSA) is 41.6 Å². The number of rotatable bonds is 0. The van der Waals surface area contributed by atoms with Crippen LogP contribution in [0.2, 0.25) is 0 Å². The van der Waals surface area contributed by atoms with E-state index in [9.17, 15) is 0 Å². The predicted molar refractivity (Wildman–Crippen MR) is 41.6 cm³/mol. The zero-order valence-corrected chi connectivity index (χ0v) is 6.36. The smallest absolute Gasteiger partial charge is 0.154 e. The van der Waals surface area contributed by atoms with Crippen LogP contribution in [0, 0.1) is 0 Å². The molecule has 0 atom stereocenters. The van der Waals surface area contributed by atoms with Gasteiger partial charge in [0.25, 0.3) is 0 Å². The summed E-state index contributed by atoms with van der Waals surface area (Å²) in [6.45, 7) is 0. The summed E-state index contributed by atoms with van der Waals surface area (Å²) in [6, 6.07) is -0.239. The highest BCUT2D eigenvalue weighted by atomic mass is 79.9. The third-order valence-electron chi connectivity index (χ3n) is 1.11. The largest absolute Gasteiger partial charge is 0.275 e. The molecule has 3 nitrogen and oxygen atoms in total. The summed E-state index contributed by atoms with van der Waals surface area (Å²) in [7, 11) is 0. The van der Waals surface area contributed by atoms with E-state index >= 15 is 0 Å². The van der Waals surface area contributed by atoms with E-state index in [1.807, 2.05) is 0 Å². The Morgan fingerprint density at radius 2 is 2.60 bits per heavy atom. The third-order valence-corrected chi connectivity index (χ3v) is 1.66. The van der Waals surface area contributed by atoms with Crippen molar-refractivity contribution in [3.8, 4) is 0 Å². The first-order valence-corrected chi connectivity index (χ1v) is 3.38. The van der Waals surface area contributed by atoms with E-state index in [1.54, 1.807) is 0 Å². The molecule has 0 amide bonds. The van der Waals surface area contributed by atoms with Gasteiger partial charge in [0.2, 0.25) is 0 Å². The van der Waals surface area contributed by atoms with Gasteiger partial charge in [0, 0.05) is 6.17 Å². The standard InChI is InChI=1S/C6H4BrN3/c7-6-5-4(9-10-6)2-1-3-8-5/h1-3H,(H,9,10)/i1D,2D,3D. The maximum atomic E-state index is 7.50. The minimum absolute atomic E-state index is 0.0480. The molecule has 2 rings (SSSR count). The number of aromatic amines is 1. The average Bonchev–Trinajstić information content (AvgIpc) is 2.45. The van der Waals surface area contributed by atoms with Gasteiger partial charge in [-0.05, 0) is 28.0 Å². The van der Waals surface area contributed by atoms with Gasteiger partial charge in [-0.2, -0.15) is 5.10 Å². The summed E-state index contributed by atoms with van der Waals surface area (Å²) in [5.74, 6) is 0. The number of H-pyrrole nitrogens is 1. The highest BCUT2D eigenvalue weighted by Gasteiger charge is 1.99. The van der Waals surface area contributed by atoms with Crippen molar-refractivity contribution >= 4 is 27.0 Å². The number of halogens is 1. The fraction of sp³-hybridized carbons (Fsp3) is 0. The molecule has 0 saturated heterocycles. The van der Waals surface area contributed by atoms with E-state index in [0.29, 0.717) is 15.6 Å². The van der Waals surface area contributed by atoms with Gasteiger partial charge < -0.3 is 0 Å². The van der Waals surface area contributed by atoms with Gasteiger partial charge in [-0.15, -0.1) is 0 Å². The number of nitrogens with one attached hydrogen (secondary N) is 1. The Morgan fingerprint density at radius 1 is 1.70 bits per heavy atom. The summed E-state index contributed by atoms with van der Waals surface area (Å²) >= 11 is 3.13. The normalized spacial score (nSPS) is 14.7. The third kappa shape index (κ3) is 0.724. The first kappa shape index (κ1) is 3.48. The second-order valence-corrected chi connectivity index (χ2v) is 2.46. The van der Waals surface area contributed by atoms with Crippen LogP contribution in [-0.4, -0.2) is 15.2 Å². The maximum Gasteiger partial charge on any atom is 0.154 e. The molecule has 2 aromatic heterocycles. The minimum atomic E-state index is -0.209. The molecule has 1 N–H and O–H groups in total. The van der Waals surface area contributed by atoms with Gasteiger partial charge in [-0.1, -0.05) is 0 Å². The van der Waals surface area contributed by atoms with Crippen LogP contribution >= 0.6 is 15.9 Å². The molecule has 0 aliphatic heterocycles. The summed E-state index contributed by atoms with van der Waals surface area (Å²) in [5, 5.41) is 6.36. The number of fused-ring (bicyclic) bond motifs is 1. The molecule has 2 heterocycles. The monoisotopic (exact) mass is 200 g/mol. The Morgan fingerprint density at radius 3 is 3.50 bits per heavy atom. The van der Waals surface area contributed by atoms with E-state index in [4.69, 9.17) is 4.11 Å². The zero-order valence-electron chi connectivity index (χ0n) is 7.77. The first-order chi connectivity index (χ1) is 6.11. The van der Waals surface area contributed by atoms with Crippen molar-refractivity contribution in [1.29, 1.82) is 0 Å². The quantitative estimate of drug-likeness (QED) is 0.704. The Balaban J connectivity index is 2.96. The lowest BCUT2D eigenvalue weighted by molar-refractivity contribution is 1.10. The molecule has 4 heteroatoms. The molecular weight excluding hydrogens is 194 g/mol. The molecular formula is C6H4BrN3. The van der Waals surface area contributed by atoms with Gasteiger partial charge in [0.15, 0.2) is 4.60 Å². The Bertz CT molecular complexity index is 481. The van der Waals surface area contributed by atoms with Crippen molar-refractivity contribution in [1.82, 2.24) is 15.2 Å². The fourth-order valence-electron chi connectivity index (χ4n) is 0.678. The van der Waals surface area contributed by atoms with Gasteiger partial charge in [0.1, 0.15) is 5.52 Å². The lowest BCUT2D eigenvalue weighted by Gasteiger charge is -1.82. The van der Waals surface area contributed by atoms with Crippen LogP contribution in [0.25, 0.3) is 11.0 Å². The maximum absolute atomic E-state index is 7.50. The van der Waals surface area contributed by atoms with Crippen molar-refractivity contribution in [3.05, 3.63) is 22.9 Å². The van der Waals surface area contributed by atoms with E-state index in [-0.39, 0.29) is 18.3 Å². The Kier molecular flexibility index (Phi) is 0.715. The molecule has 0 bridgehead atoms. The van der Waals surface area contributed by atoms with Gasteiger partial charge in [-0.3, -0.25) is 10.1 Å². The summed E-state index contributed by atoms with van der Waals surface area (Å²) in [5.41, 5.74) is 0.805. The van der Waals surface area contributed by atoms with Crippen molar-refractivity contribution in [3.63, 3.8) is 0 Å². The van der Waals surface area contributed by atoms with Crippen molar-refractivity contribution in [2.45, 2.75) is 0 Å². The van der Waals surface area contributed by atoms with Crippen molar-refractivity contribution in [2.75, 3.05) is 0 Å². The van der Waals surface area contributed by atoms with Crippen molar-refractivity contribution in [2.24, 2.45) is 0 Å². The molecule has 0 saturated carbocycles. The fourth-order valence-corrected chi connectivity index (χ4v) is 1.05. The summed E-state index contributed by atoms with van der Waals surface area (Å²) in [6.07, 6.45) is -0.209. The average molecular weight is 201 g/mol. The number of hydrogen-bond acceptors (Lipinski definition) is 2. The van der Waals surface area contributed by atoms with Crippen LogP contribution in [-0.2, 0) is 0 Å². The summed E-state index contributed by atoms with van der Waals surface area (Å²) in [4.78, 5) is 3.81. The Hall–Kier alpha value is -0.900. The van der Waals surface area contributed by atoms with Crippen LogP contribution in [0.15, 0.2) is 22.9 Å². The molecule has 0 spiro atoms. The van der Waals surface area contributed by atoms with Crippen LogP contribution in [0.3, 0.4) is 0 Å². The first-order valence-electron chi connectivity index (χ1n) is 4.08. The van der Waals surface area contributed by atoms with E-state index < -0.39 is 0 Å². The van der Waals surface area contributed by atoms with Crippen LogP contribution in [0.5, 0.6) is 0 Å². The SMILES string of the molecule is [2H]c1nc2c(Br)n[nH]c2c([2H])c1[2H]. The van der Waals surface area contributed by atoms with Gasteiger partial charge in [-0.25, -0.2) is 0 Å². The zero-order chi connectivity index (χ0) is 9.59. The van der Waals surface area contributed by atoms with Crippen LogP contribution in [0.4, 0.5) is 0 Å². The van der Waals surface area contributed by atoms with Gasteiger partial charge in [0.05, 0.1) is 9.63 Å². The molecule has 0 aliphatic carbocycles. The van der Waals surface area contributed by atoms with Crippen molar-refractivity contribution < 1.29 is 4.11 Å². The van der Waals surface area contributed by atoms with Gasteiger partial charge >= 0.3 is 0 Å². The molecule has 10 heavy (non-hydrogen) atoms. The number of nitrogens with zero attached hydrogens (tertiary/aromatic N) is 2. The van der Waals surface area contributed by atoms with Crippen LogP contribution < -0.4 is 0 Å². The molecule has 0 unspecified atom stereocenters. The van der Waals surface area contributed by atoms with E-state index in [1.165, 1.54) is 0 Å². The Labute approximate surface area is 69.8 Å². The second-order valence-electron chi connectivity index (χ2n) is 1.71. The minimum Gasteiger partial charge on any atom is -0.275 e. The lowest BCUT2D eigenvalue weighted by Crippen LogP contribution is -1.70. The number of hydrogen-bond donors (Lipinski definition) is 1. The van der Waals surface area contributed by atoms with E-state index in [2.05, 4.69) is 31.1 Å². The summed E-state index contributed by atoms with van der Waals surface area (Å²) < 4.78 is 22.6.